The van der Waals surface area contributed by atoms with Gasteiger partial charge in [0.25, 0.3) is 0 Å². The van der Waals surface area contributed by atoms with Crippen LogP contribution in [0, 0.1) is 11.3 Å². The van der Waals surface area contributed by atoms with Gasteiger partial charge in [0, 0.05) is 11.3 Å². The van der Waals surface area contributed by atoms with E-state index in [9.17, 15) is 9.59 Å². The van der Waals surface area contributed by atoms with Crippen molar-refractivity contribution in [2.45, 2.75) is 12.3 Å². The molecule has 1 aliphatic rings. The molecule has 1 fully saturated rings. The van der Waals surface area contributed by atoms with Gasteiger partial charge < -0.3 is 9.59 Å². The summed E-state index contributed by atoms with van der Waals surface area (Å²) in [5.74, 6) is -0.336. The third kappa shape index (κ3) is 1.09. The van der Waals surface area contributed by atoms with Crippen LogP contribution in [0.2, 0.25) is 0 Å². The Morgan fingerprint density at radius 2 is 1.88 bits per heavy atom. The van der Waals surface area contributed by atoms with E-state index in [1.807, 2.05) is 37.3 Å². The van der Waals surface area contributed by atoms with E-state index >= 15 is 0 Å². The van der Waals surface area contributed by atoms with Crippen LogP contribution in [0.15, 0.2) is 30.3 Å². The largest absolute Gasteiger partial charge is 0.303 e. The summed E-state index contributed by atoms with van der Waals surface area (Å²) in [5.41, 5.74) is -0.406. The Labute approximate surface area is 99.7 Å². The number of thiocarbonyl (C=S) groups is 1. The highest BCUT2D eigenvalue weighted by atomic mass is 32.1. The van der Waals surface area contributed by atoms with E-state index in [0.717, 1.165) is 18.1 Å². The lowest BCUT2D eigenvalue weighted by Crippen LogP contribution is -2.18. The smallest absolute Gasteiger partial charge is 0.132 e. The van der Waals surface area contributed by atoms with Gasteiger partial charge in [-0.1, -0.05) is 49.5 Å². The maximum absolute atomic E-state index is 11.4. The third-order valence-electron chi connectivity index (χ3n) is 3.76. The van der Waals surface area contributed by atoms with Crippen LogP contribution < -0.4 is 0 Å². The molecule has 0 heterocycles. The van der Waals surface area contributed by atoms with Crippen LogP contribution in [-0.4, -0.2) is 17.9 Å². The van der Waals surface area contributed by atoms with Crippen molar-refractivity contribution in [2.24, 2.45) is 11.3 Å². The van der Waals surface area contributed by atoms with E-state index < -0.39 is 10.8 Å². The van der Waals surface area contributed by atoms with Crippen LogP contribution in [-0.2, 0) is 15.0 Å². The van der Waals surface area contributed by atoms with E-state index in [0.29, 0.717) is 0 Å². The van der Waals surface area contributed by atoms with Gasteiger partial charge in [0.05, 0.1) is 5.41 Å². The minimum absolute atomic E-state index is 0.336. The summed E-state index contributed by atoms with van der Waals surface area (Å²) >= 11 is 4.97. The number of hydrogen-bond acceptors (Lipinski definition) is 3. The Morgan fingerprint density at radius 1 is 1.25 bits per heavy atom. The summed E-state index contributed by atoms with van der Waals surface area (Å²) in [4.78, 5) is 22.5. The molecule has 1 aromatic rings. The van der Waals surface area contributed by atoms with Crippen LogP contribution in [0.4, 0.5) is 0 Å². The predicted octanol–water partition coefficient (Wildman–Crippen LogP) is 1.96. The van der Waals surface area contributed by atoms with Crippen molar-refractivity contribution < 1.29 is 9.59 Å². The number of rotatable bonds is 4. The number of benzene rings is 1. The minimum atomic E-state index is -0.752. The Morgan fingerprint density at radius 3 is 2.25 bits per heavy atom. The standard InChI is InChI=1S/C13H12O2S/c1-12(9-16)11(7-14)13(12,8-15)10-5-3-2-4-6-10/h2-9,11H,1H3. The zero-order valence-electron chi connectivity index (χ0n) is 8.92. The lowest BCUT2D eigenvalue weighted by molar-refractivity contribution is -0.113. The van der Waals surface area contributed by atoms with Crippen molar-refractivity contribution in [3.8, 4) is 0 Å². The predicted molar refractivity (Wildman–Crippen MR) is 65.5 cm³/mol. The topological polar surface area (TPSA) is 34.1 Å². The minimum Gasteiger partial charge on any atom is -0.303 e. The molecule has 3 atom stereocenters. The number of aldehydes is 2. The van der Waals surface area contributed by atoms with Crippen LogP contribution in [0.25, 0.3) is 0 Å². The van der Waals surface area contributed by atoms with Gasteiger partial charge in [0.1, 0.15) is 12.6 Å². The molecule has 16 heavy (non-hydrogen) atoms. The summed E-state index contributed by atoms with van der Waals surface area (Å²) in [6.07, 6.45) is 1.70. The van der Waals surface area contributed by atoms with Crippen molar-refractivity contribution in [2.75, 3.05) is 0 Å². The molecule has 0 bridgehead atoms. The number of carbonyl (C=O) groups excluding carboxylic acids is 2. The number of hydrogen-bond donors (Lipinski definition) is 0. The third-order valence-corrected chi connectivity index (χ3v) is 4.25. The molecular weight excluding hydrogens is 220 g/mol. The lowest BCUT2D eigenvalue weighted by atomic mass is 9.89. The SMILES string of the molecule is CC1(C=S)C(C=O)C1(C=O)c1ccccc1. The van der Waals surface area contributed by atoms with Gasteiger partial charge in [0.15, 0.2) is 0 Å². The molecule has 1 aliphatic carbocycles. The van der Waals surface area contributed by atoms with Crippen molar-refractivity contribution >= 4 is 30.2 Å². The zero-order chi connectivity index (χ0) is 11.8. The highest BCUT2D eigenvalue weighted by molar-refractivity contribution is 7.79. The molecule has 0 N–H and O–H groups in total. The van der Waals surface area contributed by atoms with Crippen LogP contribution in [0.1, 0.15) is 12.5 Å². The summed E-state index contributed by atoms with van der Waals surface area (Å²) < 4.78 is 0. The normalized spacial score (nSPS) is 36.4. The van der Waals surface area contributed by atoms with Crippen molar-refractivity contribution in [1.82, 2.24) is 0 Å². The summed E-state index contributed by atoms with van der Waals surface area (Å²) in [6.45, 7) is 1.86. The molecule has 0 aromatic heterocycles. The Bertz CT molecular complexity index is 443. The van der Waals surface area contributed by atoms with E-state index in [-0.39, 0.29) is 5.92 Å². The van der Waals surface area contributed by atoms with Crippen molar-refractivity contribution in [3.05, 3.63) is 35.9 Å². The second-order valence-corrected chi connectivity index (χ2v) is 4.60. The van der Waals surface area contributed by atoms with Crippen LogP contribution in [0.3, 0.4) is 0 Å². The fourth-order valence-electron chi connectivity index (χ4n) is 2.60. The van der Waals surface area contributed by atoms with Crippen molar-refractivity contribution in [1.29, 1.82) is 0 Å². The molecule has 3 heteroatoms. The second-order valence-electron chi connectivity index (χ2n) is 4.37. The van der Waals surface area contributed by atoms with E-state index in [1.165, 1.54) is 0 Å². The molecule has 0 saturated heterocycles. The maximum Gasteiger partial charge on any atom is 0.132 e. The quantitative estimate of drug-likeness (QED) is 0.588. The summed E-state index contributed by atoms with van der Waals surface area (Å²) in [7, 11) is 0. The highest BCUT2D eigenvalue weighted by Gasteiger charge is 2.74. The fourth-order valence-corrected chi connectivity index (χ4v) is 2.94. The van der Waals surface area contributed by atoms with Gasteiger partial charge in [-0.25, -0.2) is 0 Å². The first-order valence-corrected chi connectivity index (χ1v) is 5.58. The fraction of sp³-hybridized carbons (Fsp3) is 0.308. The molecule has 1 aromatic carbocycles. The van der Waals surface area contributed by atoms with Gasteiger partial charge in [0.2, 0.25) is 0 Å². The highest BCUT2D eigenvalue weighted by Crippen LogP contribution is 2.66. The molecule has 1 saturated carbocycles. The van der Waals surface area contributed by atoms with Crippen LogP contribution >= 0.6 is 12.2 Å². The number of carbonyl (C=O) groups is 2. The zero-order valence-corrected chi connectivity index (χ0v) is 9.74. The molecule has 82 valence electrons. The first-order valence-electron chi connectivity index (χ1n) is 5.11. The van der Waals surface area contributed by atoms with Gasteiger partial charge in [-0.05, 0) is 10.9 Å². The average molecular weight is 232 g/mol. The average Bonchev–Trinajstić information content (AvgIpc) is 2.90. The molecule has 2 nitrogen and oxygen atoms in total. The molecule has 0 aliphatic heterocycles. The van der Waals surface area contributed by atoms with Gasteiger partial charge >= 0.3 is 0 Å². The van der Waals surface area contributed by atoms with Gasteiger partial charge in [-0.15, -0.1) is 0 Å². The second kappa shape index (κ2) is 3.59. The Balaban J connectivity index is 2.56. The van der Waals surface area contributed by atoms with Crippen molar-refractivity contribution in [3.63, 3.8) is 0 Å². The molecule has 0 amide bonds. The molecule has 3 unspecified atom stereocenters. The van der Waals surface area contributed by atoms with E-state index in [1.54, 1.807) is 5.37 Å². The summed E-state index contributed by atoms with van der Waals surface area (Å²) in [5, 5.41) is 1.55. The molecule has 0 spiro atoms. The molecular formula is C13H12O2S. The maximum atomic E-state index is 11.4. The lowest BCUT2D eigenvalue weighted by Gasteiger charge is -2.13. The first kappa shape index (κ1) is 11.1. The Kier molecular flexibility index (Phi) is 2.50. The Hall–Kier alpha value is -1.35. The molecule has 2 rings (SSSR count). The van der Waals surface area contributed by atoms with Crippen LogP contribution in [0.5, 0.6) is 0 Å². The van der Waals surface area contributed by atoms with E-state index in [2.05, 4.69) is 0 Å². The summed E-state index contributed by atoms with van der Waals surface area (Å²) in [6, 6.07) is 9.36. The first-order chi connectivity index (χ1) is 7.67. The van der Waals surface area contributed by atoms with Gasteiger partial charge in [-0.3, -0.25) is 0 Å². The monoisotopic (exact) mass is 232 g/mol. The van der Waals surface area contributed by atoms with E-state index in [4.69, 9.17) is 12.2 Å². The molecule has 0 radical (unpaired) electrons. The van der Waals surface area contributed by atoms with Gasteiger partial charge in [-0.2, -0.15) is 0 Å².